The van der Waals surface area contributed by atoms with Crippen molar-refractivity contribution in [3.05, 3.63) is 41.0 Å². The minimum absolute atomic E-state index is 0.0326. The first-order valence-electron chi connectivity index (χ1n) is 5.55. The average Bonchev–Trinajstić information content (AvgIpc) is 2.42. The number of nitrogens with zero attached hydrogens (tertiary/aromatic N) is 1. The summed E-state index contributed by atoms with van der Waals surface area (Å²) in [5.41, 5.74) is 0.775. The first kappa shape index (κ1) is 14.9. The Labute approximate surface area is 116 Å². The van der Waals surface area contributed by atoms with E-state index < -0.39 is 11.8 Å². The summed E-state index contributed by atoms with van der Waals surface area (Å²) < 4.78 is 4.82. The molecule has 4 nitrogen and oxygen atoms in total. The van der Waals surface area contributed by atoms with E-state index in [4.69, 9.17) is 21.6 Å². The number of hydrogen-bond acceptors (Lipinski definition) is 4. The fraction of sp³-hybridized carbons (Fsp3) is 0.214. The third-order valence-corrected chi connectivity index (χ3v) is 2.44. The van der Waals surface area contributed by atoms with Crippen LogP contribution in [0.4, 0.5) is 0 Å². The van der Waals surface area contributed by atoms with Crippen LogP contribution in [-0.2, 0) is 14.3 Å². The molecule has 1 aromatic carbocycles. The molecule has 1 aromatic rings. The van der Waals surface area contributed by atoms with Crippen molar-refractivity contribution in [2.24, 2.45) is 0 Å². The highest BCUT2D eigenvalue weighted by Crippen LogP contribution is 2.14. The standard InChI is InChI=1S/C14H12ClNO3/c1-10(17)13(14(18)19-7-6-15)8-11-4-2-3-5-12(11)9-16/h2-5,8H,6-7H2,1H3. The van der Waals surface area contributed by atoms with E-state index in [0.29, 0.717) is 11.1 Å². The molecule has 0 bridgehead atoms. The lowest BCUT2D eigenvalue weighted by Crippen LogP contribution is -2.15. The molecule has 0 aliphatic heterocycles. The van der Waals surface area contributed by atoms with Gasteiger partial charge < -0.3 is 4.74 Å². The maximum atomic E-state index is 11.7. The largest absolute Gasteiger partial charge is 0.461 e. The summed E-state index contributed by atoms with van der Waals surface area (Å²) in [7, 11) is 0. The molecule has 5 heteroatoms. The van der Waals surface area contributed by atoms with E-state index in [2.05, 4.69) is 0 Å². The van der Waals surface area contributed by atoms with Crippen LogP contribution in [0, 0.1) is 11.3 Å². The quantitative estimate of drug-likeness (QED) is 0.272. The molecule has 0 saturated carbocycles. The summed E-state index contributed by atoms with van der Waals surface area (Å²) in [5, 5.41) is 8.95. The van der Waals surface area contributed by atoms with E-state index in [0.717, 1.165) is 0 Å². The van der Waals surface area contributed by atoms with Gasteiger partial charge in [0.2, 0.25) is 0 Å². The molecule has 0 spiro atoms. The number of carbonyl (C=O) groups is 2. The van der Waals surface area contributed by atoms with Crippen molar-refractivity contribution in [1.29, 1.82) is 5.26 Å². The number of ether oxygens (including phenoxy) is 1. The van der Waals surface area contributed by atoms with Gasteiger partial charge in [0, 0.05) is 0 Å². The lowest BCUT2D eigenvalue weighted by Gasteiger charge is -2.05. The summed E-state index contributed by atoms with van der Waals surface area (Å²) in [6.07, 6.45) is 1.36. The molecule has 0 N–H and O–H groups in total. The van der Waals surface area contributed by atoms with Gasteiger partial charge >= 0.3 is 5.97 Å². The Balaban J connectivity index is 3.12. The van der Waals surface area contributed by atoms with Crippen molar-refractivity contribution in [3.8, 4) is 6.07 Å². The highest BCUT2D eigenvalue weighted by molar-refractivity contribution is 6.20. The zero-order valence-electron chi connectivity index (χ0n) is 10.4. The normalized spacial score (nSPS) is 10.7. The highest BCUT2D eigenvalue weighted by Gasteiger charge is 2.16. The molecule has 0 saturated heterocycles. The van der Waals surface area contributed by atoms with Gasteiger partial charge in [-0.25, -0.2) is 4.79 Å². The predicted molar refractivity (Wildman–Crippen MR) is 71.5 cm³/mol. The third-order valence-electron chi connectivity index (χ3n) is 2.29. The van der Waals surface area contributed by atoms with Gasteiger partial charge in [-0.1, -0.05) is 18.2 Å². The molecule has 0 atom stereocenters. The number of rotatable bonds is 5. The van der Waals surface area contributed by atoms with Crippen molar-refractivity contribution in [2.75, 3.05) is 12.5 Å². The molecule has 0 aliphatic rings. The van der Waals surface area contributed by atoms with Crippen LogP contribution in [0.15, 0.2) is 29.8 Å². The molecule has 1 rings (SSSR count). The molecule has 0 heterocycles. The fourth-order valence-electron chi connectivity index (χ4n) is 1.39. The number of carbonyl (C=O) groups excluding carboxylic acids is 2. The van der Waals surface area contributed by atoms with Crippen LogP contribution in [0.1, 0.15) is 18.1 Å². The highest BCUT2D eigenvalue weighted by atomic mass is 35.5. The van der Waals surface area contributed by atoms with Gasteiger partial charge in [0.15, 0.2) is 5.78 Å². The van der Waals surface area contributed by atoms with Gasteiger partial charge in [-0.15, -0.1) is 11.6 Å². The van der Waals surface area contributed by atoms with E-state index in [-0.39, 0.29) is 18.1 Å². The SMILES string of the molecule is CC(=O)C(=Cc1ccccc1C#N)C(=O)OCCCl. The molecule has 0 aromatic heterocycles. The Morgan fingerprint density at radius 1 is 1.42 bits per heavy atom. The Bertz CT molecular complexity index is 558. The summed E-state index contributed by atoms with van der Waals surface area (Å²) in [6.45, 7) is 1.30. The Hall–Kier alpha value is -2.12. The molecule has 0 fully saturated rings. The molecule has 0 amide bonds. The fourth-order valence-corrected chi connectivity index (χ4v) is 1.47. The maximum Gasteiger partial charge on any atom is 0.341 e. The second-order valence-electron chi connectivity index (χ2n) is 3.64. The summed E-state index contributed by atoms with van der Waals surface area (Å²) in [6, 6.07) is 8.67. The van der Waals surface area contributed by atoms with Crippen LogP contribution in [0.5, 0.6) is 0 Å². The molecule has 0 aliphatic carbocycles. The van der Waals surface area contributed by atoms with E-state index in [1.54, 1.807) is 24.3 Å². The predicted octanol–water partition coefficient (Wildman–Crippen LogP) is 2.31. The third kappa shape index (κ3) is 4.23. The zero-order valence-corrected chi connectivity index (χ0v) is 11.1. The van der Waals surface area contributed by atoms with Gasteiger partial charge in [-0.3, -0.25) is 4.79 Å². The van der Waals surface area contributed by atoms with Crippen molar-refractivity contribution in [1.82, 2.24) is 0 Å². The van der Waals surface area contributed by atoms with Crippen LogP contribution in [0.3, 0.4) is 0 Å². The van der Waals surface area contributed by atoms with Gasteiger partial charge in [0.25, 0.3) is 0 Å². The number of esters is 1. The van der Waals surface area contributed by atoms with Gasteiger partial charge in [-0.05, 0) is 24.6 Å². The van der Waals surface area contributed by atoms with E-state index in [9.17, 15) is 9.59 Å². The monoisotopic (exact) mass is 277 g/mol. The Morgan fingerprint density at radius 2 is 2.11 bits per heavy atom. The zero-order chi connectivity index (χ0) is 14.3. The van der Waals surface area contributed by atoms with Crippen LogP contribution in [0.2, 0.25) is 0 Å². The molecular formula is C14H12ClNO3. The number of ketones is 1. The van der Waals surface area contributed by atoms with E-state index in [1.807, 2.05) is 6.07 Å². The number of alkyl halides is 1. The van der Waals surface area contributed by atoms with Crippen LogP contribution < -0.4 is 0 Å². The minimum atomic E-state index is -0.735. The lowest BCUT2D eigenvalue weighted by molar-refractivity contribution is -0.139. The molecule has 0 unspecified atom stereocenters. The number of Topliss-reactive ketones (excluding diaryl/α,β-unsaturated/α-hetero) is 1. The number of nitriles is 1. The van der Waals surface area contributed by atoms with Crippen LogP contribution in [-0.4, -0.2) is 24.2 Å². The number of halogens is 1. The summed E-state index contributed by atoms with van der Waals surface area (Å²) in [4.78, 5) is 23.2. The second-order valence-corrected chi connectivity index (χ2v) is 4.02. The van der Waals surface area contributed by atoms with Gasteiger partial charge in [0.1, 0.15) is 12.2 Å². The molecule has 98 valence electrons. The Morgan fingerprint density at radius 3 is 2.68 bits per heavy atom. The summed E-state index contributed by atoms with van der Waals surface area (Å²) in [5.74, 6) is -1.00. The smallest absolute Gasteiger partial charge is 0.341 e. The lowest BCUT2D eigenvalue weighted by atomic mass is 10.0. The van der Waals surface area contributed by atoms with Crippen molar-refractivity contribution >= 4 is 29.4 Å². The minimum Gasteiger partial charge on any atom is -0.461 e. The van der Waals surface area contributed by atoms with Gasteiger partial charge in [0.05, 0.1) is 17.5 Å². The van der Waals surface area contributed by atoms with Crippen molar-refractivity contribution < 1.29 is 14.3 Å². The van der Waals surface area contributed by atoms with Crippen LogP contribution >= 0.6 is 11.6 Å². The molecule has 0 radical (unpaired) electrons. The van der Waals surface area contributed by atoms with Gasteiger partial charge in [-0.2, -0.15) is 5.26 Å². The second kappa shape index (κ2) is 7.34. The van der Waals surface area contributed by atoms with E-state index >= 15 is 0 Å². The number of benzene rings is 1. The maximum absolute atomic E-state index is 11.7. The van der Waals surface area contributed by atoms with Crippen molar-refractivity contribution in [2.45, 2.75) is 6.92 Å². The number of hydrogen-bond donors (Lipinski definition) is 0. The first-order valence-corrected chi connectivity index (χ1v) is 6.08. The van der Waals surface area contributed by atoms with Crippen LogP contribution in [0.25, 0.3) is 6.08 Å². The topological polar surface area (TPSA) is 67.2 Å². The molecular weight excluding hydrogens is 266 g/mol. The van der Waals surface area contributed by atoms with E-state index in [1.165, 1.54) is 13.0 Å². The van der Waals surface area contributed by atoms with Crippen molar-refractivity contribution in [3.63, 3.8) is 0 Å². The molecule has 19 heavy (non-hydrogen) atoms. The first-order chi connectivity index (χ1) is 9.10. The summed E-state index contributed by atoms with van der Waals surface area (Å²) >= 11 is 5.41. The average molecular weight is 278 g/mol. The Kier molecular flexibility index (Phi) is 5.77.